The van der Waals surface area contributed by atoms with Crippen LogP contribution in [0.5, 0.6) is 0 Å². The summed E-state index contributed by atoms with van der Waals surface area (Å²) in [5.74, 6) is -0.471. The Morgan fingerprint density at radius 2 is 1.86 bits per heavy atom. The molecule has 0 bridgehead atoms. The lowest BCUT2D eigenvalue weighted by atomic mass is 10.0. The average Bonchev–Trinajstić information content (AvgIpc) is 2.50. The number of ether oxygens (including phenoxy) is 1. The highest BCUT2D eigenvalue weighted by atomic mass is 16.5. The van der Waals surface area contributed by atoms with Crippen LogP contribution in [0.3, 0.4) is 0 Å². The third-order valence-corrected chi connectivity index (χ3v) is 3.22. The van der Waals surface area contributed by atoms with Gasteiger partial charge in [-0.3, -0.25) is 9.59 Å². The minimum atomic E-state index is -0.539. The van der Waals surface area contributed by atoms with Crippen molar-refractivity contribution in [2.45, 2.75) is 25.8 Å². The van der Waals surface area contributed by atoms with Gasteiger partial charge >= 0.3 is 5.97 Å². The monoisotopic (exact) mass is 292 g/mol. The van der Waals surface area contributed by atoms with Crippen LogP contribution in [0.1, 0.15) is 30.1 Å². The fourth-order valence-corrected chi connectivity index (χ4v) is 1.95. The van der Waals surface area contributed by atoms with Gasteiger partial charge in [0.2, 0.25) is 0 Å². The summed E-state index contributed by atoms with van der Waals surface area (Å²) in [4.78, 5) is 25.9. The molecule has 5 nitrogen and oxygen atoms in total. The van der Waals surface area contributed by atoms with Crippen LogP contribution in [0.4, 0.5) is 5.69 Å². The Hall–Kier alpha value is -1.88. The van der Waals surface area contributed by atoms with Crippen molar-refractivity contribution in [1.29, 1.82) is 0 Å². The Kier molecular flexibility index (Phi) is 6.88. The number of rotatable bonds is 8. The fourth-order valence-electron chi connectivity index (χ4n) is 1.95. The summed E-state index contributed by atoms with van der Waals surface area (Å²) in [5.41, 5.74) is 1.62. The molecule has 0 radical (unpaired) electrons. The molecule has 0 aliphatic heterocycles. The van der Waals surface area contributed by atoms with E-state index in [1.165, 1.54) is 7.11 Å². The topological polar surface area (TPSA) is 58.6 Å². The number of nitrogens with one attached hydrogen (secondary N) is 1. The Bertz CT molecular complexity index is 469. The number of hydrogen-bond donors (Lipinski definition) is 1. The molecule has 116 valence electrons. The molecule has 0 fully saturated rings. The van der Waals surface area contributed by atoms with Crippen LogP contribution in [0.25, 0.3) is 0 Å². The molecule has 1 atom stereocenters. The molecular weight excluding hydrogens is 268 g/mol. The summed E-state index contributed by atoms with van der Waals surface area (Å²) >= 11 is 0. The highest BCUT2D eigenvalue weighted by molar-refractivity contribution is 6.02. The first-order valence-corrected chi connectivity index (χ1v) is 7.11. The number of ketones is 1. The second kappa shape index (κ2) is 8.42. The fraction of sp³-hybridized carbons (Fsp3) is 0.500. The van der Waals surface area contributed by atoms with Crippen molar-refractivity contribution in [1.82, 2.24) is 5.32 Å². The predicted octanol–water partition coefficient (Wildman–Crippen LogP) is 1.87. The smallest absolute Gasteiger partial charge is 0.307 e. The van der Waals surface area contributed by atoms with Gasteiger partial charge in [0.25, 0.3) is 0 Å². The van der Waals surface area contributed by atoms with Gasteiger partial charge in [-0.15, -0.1) is 0 Å². The maximum Gasteiger partial charge on any atom is 0.307 e. The molecule has 0 saturated heterocycles. The number of carbonyl (C=O) groups is 2. The lowest BCUT2D eigenvalue weighted by Gasteiger charge is -2.17. The lowest BCUT2D eigenvalue weighted by Crippen LogP contribution is -2.39. The van der Waals surface area contributed by atoms with Crippen molar-refractivity contribution in [3.63, 3.8) is 0 Å². The first-order chi connectivity index (χ1) is 9.99. The van der Waals surface area contributed by atoms with E-state index in [-0.39, 0.29) is 18.2 Å². The van der Waals surface area contributed by atoms with Crippen LogP contribution in [-0.2, 0) is 9.53 Å². The Morgan fingerprint density at radius 1 is 1.24 bits per heavy atom. The molecule has 0 aromatic heterocycles. The highest BCUT2D eigenvalue weighted by Gasteiger charge is 2.22. The van der Waals surface area contributed by atoms with Gasteiger partial charge in [0.1, 0.15) is 0 Å². The number of benzene rings is 1. The number of esters is 1. The van der Waals surface area contributed by atoms with Gasteiger partial charge in [0.15, 0.2) is 5.78 Å². The van der Waals surface area contributed by atoms with Gasteiger partial charge in [-0.25, -0.2) is 0 Å². The van der Waals surface area contributed by atoms with Crippen molar-refractivity contribution in [3.8, 4) is 0 Å². The van der Waals surface area contributed by atoms with Crippen LogP contribution < -0.4 is 10.2 Å². The number of hydrogen-bond acceptors (Lipinski definition) is 5. The summed E-state index contributed by atoms with van der Waals surface area (Å²) < 4.78 is 4.66. The van der Waals surface area contributed by atoms with Crippen molar-refractivity contribution in [3.05, 3.63) is 29.8 Å². The summed E-state index contributed by atoms with van der Waals surface area (Å²) in [7, 11) is 5.22. The van der Waals surface area contributed by atoms with Crippen LogP contribution in [0, 0.1) is 0 Å². The van der Waals surface area contributed by atoms with Crippen molar-refractivity contribution < 1.29 is 14.3 Å². The van der Waals surface area contributed by atoms with Gasteiger partial charge in [-0.1, -0.05) is 6.92 Å². The van der Waals surface area contributed by atoms with E-state index in [2.05, 4.69) is 10.1 Å². The molecule has 1 unspecified atom stereocenters. The molecule has 0 saturated carbocycles. The Labute approximate surface area is 126 Å². The minimum absolute atomic E-state index is 0.0464. The van der Waals surface area contributed by atoms with Crippen molar-refractivity contribution in [2.24, 2.45) is 0 Å². The van der Waals surface area contributed by atoms with E-state index >= 15 is 0 Å². The van der Waals surface area contributed by atoms with E-state index in [0.29, 0.717) is 12.1 Å². The summed E-state index contributed by atoms with van der Waals surface area (Å²) in [6.45, 7) is 2.70. The molecule has 0 spiro atoms. The third kappa shape index (κ3) is 5.19. The number of Topliss-reactive ketones (excluding diaryl/α,β-unsaturated/α-hetero) is 1. The molecule has 1 aromatic rings. The van der Waals surface area contributed by atoms with E-state index in [9.17, 15) is 9.59 Å². The zero-order valence-electron chi connectivity index (χ0n) is 13.2. The van der Waals surface area contributed by atoms with Crippen LogP contribution >= 0.6 is 0 Å². The first-order valence-electron chi connectivity index (χ1n) is 7.11. The molecule has 0 amide bonds. The second-order valence-electron chi connectivity index (χ2n) is 5.09. The van der Waals surface area contributed by atoms with E-state index in [1.54, 1.807) is 12.1 Å². The van der Waals surface area contributed by atoms with Gasteiger partial charge in [0, 0.05) is 25.3 Å². The standard InChI is InChI=1S/C16H24N2O3/c1-5-10-17-14(11-15(19)21-4)16(20)12-6-8-13(9-7-12)18(2)3/h6-9,14,17H,5,10-11H2,1-4H3. The normalized spacial score (nSPS) is 11.8. The maximum atomic E-state index is 12.5. The van der Waals surface area contributed by atoms with E-state index in [4.69, 9.17) is 0 Å². The van der Waals surface area contributed by atoms with Crippen molar-refractivity contribution in [2.75, 3.05) is 32.6 Å². The molecule has 5 heteroatoms. The minimum Gasteiger partial charge on any atom is -0.469 e. The Balaban J connectivity index is 2.85. The van der Waals surface area contributed by atoms with E-state index in [0.717, 1.165) is 12.1 Å². The third-order valence-electron chi connectivity index (χ3n) is 3.22. The zero-order chi connectivity index (χ0) is 15.8. The molecule has 0 aliphatic carbocycles. The zero-order valence-corrected chi connectivity index (χ0v) is 13.2. The van der Waals surface area contributed by atoms with Gasteiger partial charge in [-0.05, 0) is 37.2 Å². The molecule has 1 N–H and O–H groups in total. The molecular formula is C16H24N2O3. The summed E-state index contributed by atoms with van der Waals surface area (Å²) in [5, 5.41) is 3.11. The van der Waals surface area contributed by atoms with Gasteiger partial charge < -0.3 is 15.0 Å². The number of methoxy groups -OCH3 is 1. The van der Waals surface area contributed by atoms with Crippen LogP contribution in [-0.4, -0.2) is 45.5 Å². The largest absolute Gasteiger partial charge is 0.469 e. The first kappa shape index (κ1) is 17.2. The van der Waals surface area contributed by atoms with E-state index in [1.807, 2.05) is 38.1 Å². The molecule has 21 heavy (non-hydrogen) atoms. The summed E-state index contributed by atoms with van der Waals surface area (Å²) in [6.07, 6.45) is 0.940. The van der Waals surface area contributed by atoms with Gasteiger partial charge in [-0.2, -0.15) is 0 Å². The number of carbonyl (C=O) groups excluding carboxylic acids is 2. The molecule has 1 rings (SSSR count). The maximum absolute atomic E-state index is 12.5. The van der Waals surface area contributed by atoms with Crippen LogP contribution in [0.15, 0.2) is 24.3 Å². The SMILES string of the molecule is CCCNC(CC(=O)OC)C(=O)c1ccc(N(C)C)cc1. The number of nitrogens with zero attached hydrogens (tertiary/aromatic N) is 1. The number of anilines is 1. The van der Waals surface area contributed by atoms with E-state index < -0.39 is 6.04 Å². The highest BCUT2D eigenvalue weighted by Crippen LogP contribution is 2.14. The Morgan fingerprint density at radius 3 is 2.33 bits per heavy atom. The van der Waals surface area contributed by atoms with Crippen molar-refractivity contribution >= 4 is 17.4 Å². The quantitative estimate of drug-likeness (QED) is 0.585. The summed E-state index contributed by atoms with van der Waals surface area (Å²) in [6, 6.07) is 6.82. The average molecular weight is 292 g/mol. The molecule has 0 heterocycles. The predicted molar refractivity (Wildman–Crippen MR) is 83.8 cm³/mol. The second-order valence-corrected chi connectivity index (χ2v) is 5.09. The lowest BCUT2D eigenvalue weighted by molar-refractivity contribution is -0.140. The molecule has 0 aliphatic rings. The molecule has 1 aromatic carbocycles. The van der Waals surface area contributed by atoms with Crippen LogP contribution in [0.2, 0.25) is 0 Å². The van der Waals surface area contributed by atoms with Gasteiger partial charge in [0.05, 0.1) is 19.6 Å².